The number of hydrogen-bond donors (Lipinski definition) is 3. The summed E-state index contributed by atoms with van der Waals surface area (Å²) in [5, 5.41) is 2.88. The van der Waals surface area contributed by atoms with Crippen molar-refractivity contribution in [2.45, 2.75) is 37.4 Å². The number of rotatable bonds is 5. The summed E-state index contributed by atoms with van der Waals surface area (Å²) in [5.41, 5.74) is 5.70. The lowest BCUT2D eigenvalue weighted by Crippen LogP contribution is -2.44. The van der Waals surface area contributed by atoms with Crippen LogP contribution in [0.15, 0.2) is 30.5 Å². The molecule has 12 heteroatoms. The molecule has 4 rings (SSSR count). The van der Waals surface area contributed by atoms with Crippen LogP contribution in [0.1, 0.15) is 42.5 Å². The highest BCUT2D eigenvalue weighted by atomic mass is 19.4. The SMILES string of the molecule is CN1CCCC[C@@H]1C(=O)Nc1ccc2nc(C(C(N)=O)c3nccc(C(F)(F)F)n3)[nH]c2c1. The number of fused-ring (bicyclic) bond motifs is 1. The van der Waals surface area contributed by atoms with Crippen molar-refractivity contribution in [3.05, 3.63) is 47.8 Å². The van der Waals surface area contributed by atoms with Crippen molar-refractivity contribution < 1.29 is 22.8 Å². The Morgan fingerprint density at radius 1 is 1.24 bits per heavy atom. The highest BCUT2D eigenvalue weighted by Crippen LogP contribution is 2.30. The van der Waals surface area contributed by atoms with E-state index in [0.717, 1.165) is 32.0 Å². The van der Waals surface area contributed by atoms with Gasteiger partial charge in [-0.15, -0.1) is 0 Å². The van der Waals surface area contributed by atoms with Crippen LogP contribution < -0.4 is 11.1 Å². The number of carbonyl (C=O) groups is 2. The van der Waals surface area contributed by atoms with Crippen molar-refractivity contribution in [1.29, 1.82) is 0 Å². The molecular formula is C21H22F3N7O2. The zero-order valence-corrected chi connectivity index (χ0v) is 17.7. The lowest BCUT2D eigenvalue weighted by molar-refractivity contribution is -0.141. The number of hydrogen-bond acceptors (Lipinski definition) is 6. The number of nitrogens with two attached hydrogens (primary N) is 1. The topological polar surface area (TPSA) is 130 Å². The number of H-pyrrole nitrogens is 1. The Morgan fingerprint density at radius 3 is 2.73 bits per heavy atom. The number of aromatic amines is 1. The van der Waals surface area contributed by atoms with Gasteiger partial charge in [0.25, 0.3) is 0 Å². The molecule has 0 spiro atoms. The number of carbonyl (C=O) groups excluding carboxylic acids is 2. The first-order valence-corrected chi connectivity index (χ1v) is 10.3. The average Bonchev–Trinajstić information content (AvgIpc) is 3.16. The van der Waals surface area contributed by atoms with Crippen LogP contribution in [-0.4, -0.2) is 56.3 Å². The number of nitrogens with one attached hydrogen (secondary N) is 2. The monoisotopic (exact) mass is 461 g/mol. The molecule has 1 unspecified atom stereocenters. The first kappa shape index (κ1) is 22.6. The summed E-state index contributed by atoms with van der Waals surface area (Å²) < 4.78 is 39.1. The van der Waals surface area contributed by atoms with Gasteiger partial charge in [0.1, 0.15) is 17.3 Å². The number of primary amides is 1. The van der Waals surface area contributed by atoms with Gasteiger partial charge in [-0.05, 0) is 50.7 Å². The first-order chi connectivity index (χ1) is 15.6. The Kier molecular flexibility index (Phi) is 6.02. The minimum absolute atomic E-state index is 0.00677. The number of halogens is 3. The van der Waals surface area contributed by atoms with Gasteiger partial charge in [-0.1, -0.05) is 6.42 Å². The second-order valence-electron chi connectivity index (χ2n) is 7.97. The summed E-state index contributed by atoms with van der Waals surface area (Å²) in [6.07, 6.45) is -0.972. The normalized spacial score (nSPS) is 18.2. The zero-order chi connectivity index (χ0) is 23.8. The van der Waals surface area contributed by atoms with Gasteiger partial charge in [0.05, 0.1) is 17.1 Å². The molecule has 1 aliphatic rings. The van der Waals surface area contributed by atoms with Gasteiger partial charge >= 0.3 is 6.18 Å². The fourth-order valence-corrected chi connectivity index (χ4v) is 3.93. The predicted molar refractivity (Wildman–Crippen MR) is 113 cm³/mol. The molecule has 1 aromatic carbocycles. The predicted octanol–water partition coefficient (Wildman–Crippen LogP) is 2.41. The van der Waals surface area contributed by atoms with Gasteiger partial charge in [0, 0.05) is 11.9 Å². The smallest absolute Gasteiger partial charge is 0.369 e. The Balaban J connectivity index is 1.62. The molecule has 3 aromatic rings. The Hall–Kier alpha value is -3.54. The standard InChI is InChI=1S/C21H22F3N7O2/c1-31-9-3-2-4-14(31)20(33)27-11-5-6-12-13(10-11)29-19(28-12)16(17(25)32)18-26-8-7-15(30-18)21(22,23)24/h5-8,10,14,16H,2-4,9H2,1H3,(H2,25,32)(H,27,33)(H,28,29)/t14-,16?/m1/s1. The van der Waals surface area contributed by atoms with E-state index in [1.807, 2.05) is 11.9 Å². The molecule has 2 aromatic heterocycles. The number of anilines is 1. The summed E-state index contributed by atoms with van der Waals surface area (Å²) in [5.74, 6) is -2.89. The number of piperidine rings is 1. The molecule has 1 saturated heterocycles. The molecule has 1 aliphatic heterocycles. The molecule has 0 aliphatic carbocycles. The lowest BCUT2D eigenvalue weighted by Gasteiger charge is -2.31. The van der Waals surface area contributed by atoms with E-state index in [-0.39, 0.29) is 17.8 Å². The van der Waals surface area contributed by atoms with Gasteiger partial charge in [-0.25, -0.2) is 15.0 Å². The quantitative estimate of drug-likeness (QED) is 0.535. The molecule has 33 heavy (non-hydrogen) atoms. The number of imidazole rings is 1. The van der Waals surface area contributed by atoms with E-state index in [2.05, 4.69) is 25.3 Å². The number of benzene rings is 1. The summed E-state index contributed by atoms with van der Waals surface area (Å²) >= 11 is 0. The maximum Gasteiger partial charge on any atom is 0.433 e. The van der Waals surface area contributed by atoms with Gasteiger partial charge < -0.3 is 16.0 Å². The van der Waals surface area contributed by atoms with Crippen LogP contribution in [0.2, 0.25) is 0 Å². The molecular weight excluding hydrogens is 439 g/mol. The van der Waals surface area contributed by atoms with Crippen LogP contribution in [0, 0.1) is 0 Å². The summed E-state index contributed by atoms with van der Waals surface area (Å²) in [4.78, 5) is 41.2. The summed E-state index contributed by atoms with van der Waals surface area (Å²) in [7, 11) is 1.91. The van der Waals surface area contributed by atoms with Crippen molar-refractivity contribution >= 4 is 28.5 Å². The van der Waals surface area contributed by atoms with Gasteiger partial charge in [-0.2, -0.15) is 13.2 Å². The lowest BCUT2D eigenvalue weighted by atomic mass is 10.0. The third-order valence-electron chi connectivity index (χ3n) is 5.62. The molecule has 0 radical (unpaired) electrons. The second-order valence-corrected chi connectivity index (χ2v) is 7.97. The van der Waals surface area contributed by atoms with Gasteiger partial charge in [-0.3, -0.25) is 14.5 Å². The van der Waals surface area contributed by atoms with E-state index in [9.17, 15) is 22.8 Å². The average molecular weight is 461 g/mol. The van der Waals surface area contributed by atoms with Crippen molar-refractivity contribution in [1.82, 2.24) is 24.8 Å². The van der Waals surface area contributed by atoms with Crippen LogP contribution in [0.3, 0.4) is 0 Å². The molecule has 0 saturated carbocycles. The molecule has 9 nitrogen and oxygen atoms in total. The molecule has 0 bridgehead atoms. The molecule has 4 N–H and O–H groups in total. The number of amides is 2. The van der Waals surface area contributed by atoms with E-state index < -0.39 is 29.5 Å². The second kappa shape index (κ2) is 8.77. The molecule has 174 valence electrons. The number of nitrogens with zero attached hydrogens (tertiary/aromatic N) is 4. The molecule has 3 heterocycles. The molecule has 2 amide bonds. The summed E-state index contributed by atoms with van der Waals surface area (Å²) in [6, 6.07) is 5.41. The number of likely N-dealkylation sites (N-methyl/N-ethyl adjacent to an activating group) is 1. The van der Waals surface area contributed by atoms with Gasteiger partial charge in [0.15, 0.2) is 5.92 Å². The Morgan fingerprint density at radius 2 is 2.03 bits per heavy atom. The van der Waals surface area contributed by atoms with E-state index in [4.69, 9.17) is 5.73 Å². The van der Waals surface area contributed by atoms with Crippen molar-refractivity contribution in [3.63, 3.8) is 0 Å². The maximum absolute atomic E-state index is 13.0. The van der Waals surface area contributed by atoms with Crippen LogP contribution >= 0.6 is 0 Å². The summed E-state index contributed by atoms with van der Waals surface area (Å²) in [6.45, 7) is 0.854. The fraction of sp³-hybridized carbons (Fsp3) is 0.381. The third kappa shape index (κ3) is 4.80. The number of aromatic nitrogens is 4. The minimum Gasteiger partial charge on any atom is -0.369 e. The number of likely N-dealkylation sites (tertiary alicyclic amines) is 1. The molecule has 1 fully saturated rings. The van der Waals surface area contributed by atoms with E-state index >= 15 is 0 Å². The van der Waals surface area contributed by atoms with E-state index in [0.29, 0.717) is 22.8 Å². The Labute approximate surface area is 186 Å². The zero-order valence-electron chi connectivity index (χ0n) is 17.7. The minimum atomic E-state index is -4.70. The van der Waals surface area contributed by atoms with Crippen LogP contribution in [0.5, 0.6) is 0 Å². The number of alkyl halides is 3. The van der Waals surface area contributed by atoms with Crippen LogP contribution in [0.4, 0.5) is 18.9 Å². The highest BCUT2D eigenvalue weighted by molar-refractivity contribution is 5.96. The first-order valence-electron chi connectivity index (χ1n) is 10.3. The van der Waals surface area contributed by atoms with E-state index in [1.54, 1.807) is 18.2 Å². The highest BCUT2D eigenvalue weighted by Gasteiger charge is 2.35. The third-order valence-corrected chi connectivity index (χ3v) is 5.62. The van der Waals surface area contributed by atoms with Crippen LogP contribution in [0.25, 0.3) is 11.0 Å². The Bertz CT molecular complexity index is 1190. The van der Waals surface area contributed by atoms with E-state index in [1.165, 1.54) is 0 Å². The fourth-order valence-electron chi connectivity index (χ4n) is 3.93. The van der Waals surface area contributed by atoms with Crippen molar-refractivity contribution in [2.24, 2.45) is 5.73 Å². The largest absolute Gasteiger partial charge is 0.433 e. The molecule has 2 atom stereocenters. The van der Waals surface area contributed by atoms with Crippen molar-refractivity contribution in [2.75, 3.05) is 18.9 Å². The van der Waals surface area contributed by atoms with Crippen molar-refractivity contribution in [3.8, 4) is 0 Å². The van der Waals surface area contributed by atoms with Crippen LogP contribution in [-0.2, 0) is 15.8 Å². The maximum atomic E-state index is 13.0. The van der Waals surface area contributed by atoms with Gasteiger partial charge in [0.2, 0.25) is 11.8 Å².